The van der Waals surface area contributed by atoms with Gasteiger partial charge < -0.3 is 15.0 Å². The van der Waals surface area contributed by atoms with E-state index in [1.54, 1.807) is 29.8 Å². The molecule has 0 spiro atoms. The molecular formula is C17H19ClN2O3. The number of aryl methyl sites for hydroxylation is 3. The summed E-state index contributed by atoms with van der Waals surface area (Å²) in [6.45, 7) is 6.15. The van der Waals surface area contributed by atoms with Crippen LogP contribution in [0.2, 0.25) is 5.02 Å². The molecule has 0 saturated heterocycles. The molecule has 0 bridgehead atoms. The van der Waals surface area contributed by atoms with Gasteiger partial charge >= 0.3 is 5.97 Å². The van der Waals surface area contributed by atoms with Gasteiger partial charge in [0.25, 0.3) is 0 Å². The molecule has 1 amide bonds. The number of halogens is 1. The number of hydrogen-bond donors (Lipinski definition) is 2. The molecule has 23 heavy (non-hydrogen) atoms. The van der Waals surface area contributed by atoms with Crippen molar-refractivity contribution < 1.29 is 14.7 Å². The van der Waals surface area contributed by atoms with Crippen LogP contribution in [0.5, 0.6) is 0 Å². The smallest absolute Gasteiger partial charge is 0.337 e. The lowest BCUT2D eigenvalue weighted by Crippen LogP contribution is -2.19. The first-order valence-electron chi connectivity index (χ1n) is 7.31. The first-order valence-corrected chi connectivity index (χ1v) is 7.69. The molecule has 0 saturated carbocycles. The summed E-state index contributed by atoms with van der Waals surface area (Å²) in [7, 11) is 0. The van der Waals surface area contributed by atoms with Gasteiger partial charge in [-0.2, -0.15) is 0 Å². The van der Waals surface area contributed by atoms with Gasteiger partial charge in [0.2, 0.25) is 5.91 Å². The molecule has 2 N–H and O–H groups in total. The monoisotopic (exact) mass is 334 g/mol. The molecule has 0 radical (unpaired) electrons. The SMILES string of the molecule is CCn1cc(C)c(C(=O)O)c1CC(=O)Nc1ccc(C)cc1Cl. The number of carboxylic acids is 1. The third-order valence-corrected chi connectivity index (χ3v) is 3.97. The van der Waals surface area contributed by atoms with Crippen molar-refractivity contribution in [2.45, 2.75) is 33.7 Å². The third kappa shape index (κ3) is 3.74. The molecule has 0 unspecified atom stereocenters. The van der Waals surface area contributed by atoms with E-state index in [4.69, 9.17) is 11.6 Å². The zero-order valence-electron chi connectivity index (χ0n) is 13.3. The van der Waals surface area contributed by atoms with Gasteiger partial charge in [-0.1, -0.05) is 17.7 Å². The maximum absolute atomic E-state index is 12.3. The topological polar surface area (TPSA) is 71.3 Å². The molecule has 0 fully saturated rings. The number of nitrogens with zero attached hydrogens (tertiary/aromatic N) is 1. The van der Waals surface area contributed by atoms with Crippen molar-refractivity contribution in [2.24, 2.45) is 0 Å². The van der Waals surface area contributed by atoms with E-state index >= 15 is 0 Å². The van der Waals surface area contributed by atoms with Crippen molar-refractivity contribution in [2.75, 3.05) is 5.32 Å². The van der Waals surface area contributed by atoms with E-state index in [-0.39, 0.29) is 17.9 Å². The van der Waals surface area contributed by atoms with Crippen molar-refractivity contribution in [3.8, 4) is 0 Å². The van der Waals surface area contributed by atoms with E-state index in [0.29, 0.717) is 28.5 Å². The van der Waals surface area contributed by atoms with E-state index in [1.165, 1.54) is 0 Å². The third-order valence-electron chi connectivity index (χ3n) is 3.66. The summed E-state index contributed by atoms with van der Waals surface area (Å²) in [6.07, 6.45) is 1.73. The minimum atomic E-state index is -1.02. The predicted molar refractivity (Wildman–Crippen MR) is 90.3 cm³/mol. The van der Waals surface area contributed by atoms with E-state index in [0.717, 1.165) is 5.56 Å². The van der Waals surface area contributed by atoms with Crippen LogP contribution in [-0.2, 0) is 17.8 Å². The van der Waals surface area contributed by atoms with Gasteiger partial charge in [0.1, 0.15) is 0 Å². The van der Waals surface area contributed by atoms with E-state index in [2.05, 4.69) is 5.32 Å². The van der Waals surface area contributed by atoms with Crippen LogP contribution in [0.4, 0.5) is 5.69 Å². The number of anilines is 1. The summed E-state index contributed by atoms with van der Waals surface area (Å²) in [6, 6.07) is 5.35. The van der Waals surface area contributed by atoms with Crippen molar-refractivity contribution in [3.05, 3.63) is 51.8 Å². The van der Waals surface area contributed by atoms with Gasteiger partial charge in [-0.25, -0.2) is 4.79 Å². The Hall–Kier alpha value is -2.27. The number of aromatic nitrogens is 1. The number of rotatable bonds is 5. The average Bonchev–Trinajstić information content (AvgIpc) is 2.77. The van der Waals surface area contributed by atoms with E-state index in [1.807, 2.05) is 19.9 Å². The summed E-state index contributed by atoms with van der Waals surface area (Å²) >= 11 is 6.11. The Labute approximate surface area is 139 Å². The molecular weight excluding hydrogens is 316 g/mol. The highest BCUT2D eigenvalue weighted by Crippen LogP contribution is 2.24. The Morgan fingerprint density at radius 1 is 1.30 bits per heavy atom. The number of carbonyl (C=O) groups excluding carboxylic acids is 1. The first-order chi connectivity index (χ1) is 10.8. The Balaban J connectivity index is 2.25. The molecule has 1 heterocycles. The minimum Gasteiger partial charge on any atom is -0.478 e. The maximum atomic E-state index is 12.3. The van der Waals surface area contributed by atoms with Crippen molar-refractivity contribution >= 4 is 29.2 Å². The molecule has 0 atom stereocenters. The number of hydrogen-bond acceptors (Lipinski definition) is 2. The lowest BCUT2D eigenvalue weighted by Gasteiger charge is -2.10. The minimum absolute atomic E-state index is 0.0203. The molecule has 5 nitrogen and oxygen atoms in total. The van der Waals surface area contributed by atoms with E-state index in [9.17, 15) is 14.7 Å². The molecule has 6 heteroatoms. The average molecular weight is 335 g/mol. The first kappa shape index (κ1) is 17.1. The van der Waals surface area contributed by atoms with Crippen LogP contribution in [-0.4, -0.2) is 21.6 Å². The normalized spacial score (nSPS) is 10.6. The Morgan fingerprint density at radius 2 is 2.00 bits per heavy atom. The molecule has 122 valence electrons. The number of carboxylic acid groups (broad SMARTS) is 1. The van der Waals surface area contributed by atoms with Crippen molar-refractivity contribution in [1.29, 1.82) is 0 Å². The highest BCUT2D eigenvalue weighted by molar-refractivity contribution is 6.33. The summed E-state index contributed by atoms with van der Waals surface area (Å²) in [4.78, 5) is 23.7. The second-order valence-corrected chi connectivity index (χ2v) is 5.84. The Morgan fingerprint density at radius 3 is 2.57 bits per heavy atom. The molecule has 1 aromatic carbocycles. The standard InChI is InChI=1S/C17H19ClN2O3/c1-4-20-9-11(3)16(17(22)23)14(20)8-15(21)19-13-6-5-10(2)7-12(13)18/h5-7,9H,4,8H2,1-3H3,(H,19,21)(H,22,23). The van der Waals surface area contributed by atoms with Gasteiger partial charge in [-0.15, -0.1) is 0 Å². The van der Waals surface area contributed by atoms with Crippen LogP contribution in [0.15, 0.2) is 24.4 Å². The molecule has 1 aromatic heterocycles. The zero-order valence-corrected chi connectivity index (χ0v) is 14.1. The van der Waals surface area contributed by atoms with Crippen LogP contribution in [0.1, 0.15) is 34.1 Å². The highest BCUT2D eigenvalue weighted by Gasteiger charge is 2.21. The van der Waals surface area contributed by atoms with Gasteiger partial charge in [0.15, 0.2) is 0 Å². The number of benzene rings is 1. The Bertz CT molecular complexity index is 765. The van der Waals surface area contributed by atoms with Gasteiger partial charge in [0.05, 0.1) is 22.7 Å². The number of nitrogens with one attached hydrogen (secondary N) is 1. The predicted octanol–water partition coefficient (Wildman–Crippen LogP) is 3.66. The molecule has 0 aliphatic heterocycles. The quantitative estimate of drug-likeness (QED) is 0.876. The number of amides is 1. The van der Waals surface area contributed by atoms with E-state index < -0.39 is 5.97 Å². The lowest BCUT2D eigenvalue weighted by atomic mass is 10.1. The second-order valence-electron chi connectivity index (χ2n) is 5.43. The van der Waals surface area contributed by atoms with Crippen LogP contribution < -0.4 is 5.32 Å². The van der Waals surface area contributed by atoms with Crippen LogP contribution >= 0.6 is 11.6 Å². The van der Waals surface area contributed by atoms with Gasteiger partial charge in [-0.05, 0) is 44.0 Å². The van der Waals surface area contributed by atoms with Gasteiger partial charge in [-0.3, -0.25) is 4.79 Å². The van der Waals surface area contributed by atoms with Crippen LogP contribution in [0.3, 0.4) is 0 Å². The summed E-state index contributed by atoms with van der Waals surface area (Å²) in [5.74, 6) is -1.32. The van der Waals surface area contributed by atoms with Crippen LogP contribution in [0, 0.1) is 13.8 Å². The molecule has 2 aromatic rings. The largest absolute Gasteiger partial charge is 0.478 e. The lowest BCUT2D eigenvalue weighted by molar-refractivity contribution is -0.115. The van der Waals surface area contributed by atoms with Crippen molar-refractivity contribution in [1.82, 2.24) is 4.57 Å². The molecule has 2 rings (SSSR count). The number of carbonyl (C=O) groups is 2. The fourth-order valence-corrected chi connectivity index (χ4v) is 2.86. The maximum Gasteiger partial charge on any atom is 0.337 e. The number of aromatic carboxylic acids is 1. The zero-order chi connectivity index (χ0) is 17.1. The van der Waals surface area contributed by atoms with Crippen LogP contribution in [0.25, 0.3) is 0 Å². The summed E-state index contributed by atoms with van der Waals surface area (Å²) in [5.41, 5.74) is 2.85. The van der Waals surface area contributed by atoms with Crippen molar-refractivity contribution in [3.63, 3.8) is 0 Å². The summed E-state index contributed by atoms with van der Waals surface area (Å²) in [5, 5.41) is 12.6. The highest BCUT2D eigenvalue weighted by atomic mass is 35.5. The Kier molecular flexibility index (Phi) is 5.11. The molecule has 0 aliphatic rings. The fraction of sp³-hybridized carbons (Fsp3) is 0.294. The second kappa shape index (κ2) is 6.87. The molecule has 0 aliphatic carbocycles. The summed E-state index contributed by atoms with van der Waals surface area (Å²) < 4.78 is 1.79. The van der Waals surface area contributed by atoms with Gasteiger partial charge in [0, 0.05) is 18.4 Å². The fourth-order valence-electron chi connectivity index (χ4n) is 2.58.